The van der Waals surface area contributed by atoms with Crippen molar-refractivity contribution in [3.05, 3.63) is 69.7 Å². The van der Waals surface area contributed by atoms with Crippen molar-refractivity contribution in [2.75, 3.05) is 5.32 Å². The van der Waals surface area contributed by atoms with E-state index in [4.69, 9.17) is 0 Å². The number of hydrogen-bond donors (Lipinski definition) is 3. The molecule has 1 unspecified atom stereocenters. The molecule has 3 aromatic rings. The number of aromatic carboxylic acids is 1. The van der Waals surface area contributed by atoms with E-state index < -0.39 is 11.8 Å². The number of carboxylic acids is 1. The van der Waals surface area contributed by atoms with Gasteiger partial charge in [0.25, 0.3) is 0 Å². The summed E-state index contributed by atoms with van der Waals surface area (Å²) in [7, 11) is 0. The zero-order valence-electron chi connectivity index (χ0n) is 13.9. The van der Waals surface area contributed by atoms with E-state index in [1.54, 1.807) is 24.3 Å². The van der Waals surface area contributed by atoms with Gasteiger partial charge in [0.2, 0.25) is 5.91 Å². The van der Waals surface area contributed by atoms with E-state index >= 15 is 0 Å². The van der Waals surface area contributed by atoms with Crippen LogP contribution in [0.3, 0.4) is 0 Å². The van der Waals surface area contributed by atoms with E-state index in [0.29, 0.717) is 21.7 Å². The van der Waals surface area contributed by atoms with Crippen molar-refractivity contribution in [3.8, 4) is 16.9 Å². The first kappa shape index (κ1) is 17.2. The number of thiophene rings is 1. The molecule has 0 fully saturated rings. The van der Waals surface area contributed by atoms with Crippen LogP contribution < -0.4 is 5.32 Å². The van der Waals surface area contributed by atoms with Crippen LogP contribution in [0.4, 0.5) is 10.1 Å². The molecule has 3 N–H and O–H groups in total. The fourth-order valence-electron chi connectivity index (χ4n) is 3.37. The van der Waals surface area contributed by atoms with Gasteiger partial charge in [0.1, 0.15) is 16.4 Å². The van der Waals surface area contributed by atoms with Gasteiger partial charge < -0.3 is 15.5 Å². The zero-order valence-corrected chi connectivity index (χ0v) is 14.7. The van der Waals surface area contributed by atoms with Gasteiger partial charge >= 0.3 is 5.97 Å². The van der Waals surface area contributed by atoms with Gasteiger partial charge in [0.05, 0.1) is 5.69 Å². The van der Waals surface area contributed by atoms with Crippen molar-refractivity contribution in [3.63, 3.8) is 0 Å². The van der Waals surface area contributed by atoms with Crippen molar-refractivity contribution in [2.24, 2.45) is 0 Å². The highest BCUT2D eigenvalue weighted by Crippen LogP contribution is 2.49. The second-order valence-corrected chi connectivity index (χ2v) is 7.31. The summed E-state index contributed by atoms with van der Waals surface area (Å²) < 4.78 is 13.7. The minimum absolute atomic E-state index is 0.0398. The summed E-state index contributed by atoms with van der Waals surface area (Å²) in [5.41, 5.74) is 1.81. The Bertz CT molecular complexity index is 1080. The lowest BCUT2D eigenvalue weighted by atomic mass is 9.88. The molecule has 7 heteroatoms. The monoisotopic (exact) mass is 383 g/mol. The van der Waals surface area contributed by atoms with E-state index in [-0.39, 0.29) is 28.9 Å². The number of carboxylic acid groups (broad SMARTS) is 1. The van der Waals surface area contributed by atoms with E-state index in [2.05, 4.69) is 5.32 Å². The van der Waals surface area contributed by atoms with Crippen LogP contribution in [-0.4, -0.2) is 22.1 Å². The van der Waals surface area contributed by atoms with Gasteiger partial charge in [-0.25, -0.2) is 9.18 Å². The summed E-state index contributed by atoms with van der Waals surface area (Å²) in [6.45, 7) is 0. The molecule has 1 amide bonds. The summed E-state index contributed by atoms with van der Waals surface area (Å²) >= 11 is 1.06. The number of phenols is 1. The molecule has 1 atom stereocenters. The molecule has 0 aliphatic carbocycles. The number of fused-ring (bicyclic) bond motifs is 1. The molecular weight excluding hydrogens is 369 g/mol. The summed E-state index contributed by atoms with van der Waals surface area (Å²) in [5, 5.41) is 22.2. The van der Waals surface area contributed by atoms with Gasteiger partial charge in [-0.05, 0) is 35.4 Å². The quantitative estimate of drug-likeness (QED) is 0.624. The molecule has 136 valence electrons. The second kappa shape index (κ2) is 6.51. The third-order valence-electron chi connectivity index (χ3n) is 4.49. The molecule has 1 aromatic heterocycles. The van der Waals surface area contributed by atoms with Crippen LogP contribution >= 0.6 is 11.3 Å². The Kier molecular flexibility index (Phi) is 4.16. The molecule has 5 nitrogen and oxygen atoms in total. The number of phenolic OH excluding ortho intramolecular Hbond substituents is 1. The number of carbonyl (C=O) groups is 2. The van der Waals surface area contributed by atoms with E-state index in [1.807, 2.05) is 0 Å². The van der Waals surface area contributed by atoms with Gasteiger partial charge in [-0.1, -0.05) is 24.3 Å². The lowest BCUT2D eigenvalue weighted by Crippen LogP contribution is -2.22. The molecule has 0 saturated carbocycles. The number of anilines is 1. The van der Waals surface area contributed by atoms with Crippen LogP contribution in [-0.2, 0) is 4.79 Å². The maximum Gasteiger partial charge on any atom is 0.346 e. The molecule has 2 heterocycles. The van der Waals surface area contributed by atoms with Crippen LogP contribution in [0.2, 0.25) is 0 Å². The van der Waals surface area contributed by atoms with Crippen LogP contribution in [0.15, 0.2) is 48.5 Å². The van der Waals surface area contributed by atoms with Crippen molar-refractivity contribution in [2.45, 2.75) is 12.3 Å². The molecule has 4 rings (SSSR count). The number of benzene rings is 2. The molecule has 1 aliphatic rings. The predicted molar refractivity (Wildman–Crippen MR) is 99.9 cm³/mol. The van der Waals surface area contributed by atoms with Crippen molar-refractivity contribution < 1.29 is 24.2 Å². The number of nitrogens with one attached hydrogen (secondary N) is 1. The summed E-state index contributed by atoms with van der Waals surface area (Å²) in [5.74, 6) is -2.21. The Morgan fingerprint density at radius 2 is 1.96 bits per heavy atom. The van der Waals surface area contributed by atoms with Crippen LogP contribution in [0, 0.1) is 5.82 Å². The van der Waals surface area contributed by atoms with Gasteiger partial charge in [0.15, 0.2) is 0 Å². The fraction of sp³-hybridized carbons (Fsp3) is 0.100. The van der Waals surface area contributed by atoms with Crippen LogP contribution in [0.1, 0.15) is 32.5 Å². The third-order valence-corrected chi connectivity index (χ3v) is 5.78. The molecule has 27 heavy (non-hydrogen) atoms. The first-order valence-corrected chi connectivity index (χ1v) is 9.00. The molecule has 2 aromatic carbocycles. The maximum absolute atomic E-state index is 13.7. The molecule has 0 saturated heterocycles. The first-order valence-electron chi connectivity index (χ1n) is 8.18. The molecule has 0 bridgehead atoms. The molecule has 0 radical (unpaired) electrons. The Morgan fingerprint density at radius 1 is 1.19 bits per heavy atom. The summed E-state index contributed by atoms with van der Waals surface area (Å²) in [6.07, 6.45) is 0.138. The highest BCUT2D eigenvalue weighted by Gasteiger charge is 2.34. The predicted octanol–water partition coefficient (Wildman–Crippen LogP) is 4.43. The Morgan fingerprint density at radius 3 is 2.67 bits per heavy atom. The average Bonchev–Trinajstić information content (AvgIpc) is 3.00. The normalized spacial score (nSPS) is 15.9. The number of hydrogen-bond acceptors (Lipinski definition) is 4. The largest absolute Gasteiger partial charge is 0.508 e. The Labute approximate surface area is 157 Å². The number of halogens is 1. The lowest BCUT2D eigenvalue weighted by Gasteiger charge is -2.24. The smallest absolute Gasteiger partial charge is 0.346 e. The van der Waals surface area contributed by atoms with E-state index in [9.17, 15) is 24.2 Å². The van der Waals surface area contributed by atoms with E-state index in [0.717, 1.165) is 16.9 Å². The number of aromatic hydroxyl groups is 1. The average molecular weight is 383 g/mol. The first-order chi connectivity index (χ1) is 12.9. The van der Waals surface area contributed by atoms with Crippen LogP contribution in [0.25, 0.3) is 11.1 Å². The minimum atomic E-state index is -1.14. The standard InChI is InChI=1S/C20H14FNO4S/c21-12-5-1-4-11(7-12)16-17-18(27-19(16)20(25)26)14(9-15(24)22-17)10-3-2-6-13(23)8-10/h1-8,14,23H,9H2,(H,22,24)(H,25,26). The summed E-state index contributed by atoms with van der Waals surface area (Å²) in [6, 6.07) is 12.2. The maximum atomic E-state index is 13.7. The third kappa shape index (κ3) is 3.06. The molecule has 0 spiro atoms. The number of carbonyl (C=O) groups excluding carboxylic acids is 1. The lowest BCUT2D eigenvalue weighted by molar-refractivity contribution is -0.116. The minimum Gasteiger partial charge on any atom is -0.508 e. The SMILES string of the molecule is O=C1CC(c2cccc(O)c2)c2sc(C(=O)O)c(-c3cccc(F)c3)c2N1. The topological polar surface area (TPSA) is 86.6 Å². The van der Waals surface area contributed by atoms with Crippen molar-refractivity contribution in [1.82, 2.24) is 0 Å². The Balaban J connectivity index is 1.95. The van der Waals surface area contributed by atoms with Gasteiger partial charge in [0, 0.05) is 22.8 Å². The number of amides is 1. The summed E-state index contributed by atoms with van der Waals surface area (Å²) in [4.78, 5) is 24.9. The molecule has 1 aliphatic heterocycles. The van der Waals surface area contributed by atoms with Gasteiger partial charge in [-0.15, -0.1) is 11.3 Å². The second-order valence-electron chi connectivity index (χ2n) is 6.26. The van der Waals surface area contributed by atoms with Crippen LogP contribution in [0.5, 0.6) is 5.75 Å². The van der Waals surface area contributed by atoms with Crippen molar-refractivity contribution in [1.29, 1.82) is 0 Å². The van der Waals surface area contributed by atoms with Crippen molar-refractivity contribution >= 4 is 28.9 Å². The van der Waals surface area contributed by atoms with Gasteiger partial charge in [-0.2, -0.15) is 0 Å². The molecular formula is C20H14FNO4S. The highest BCUT2D eigenvalue weighted by molar-refractivity contribution is 7.15. The zero-order chi connectivity index (χ0) is 19.1. The fourth-order valence-corrected chi connectivity index (χ4v) is 4.61. The number of rotatable bonds is 3. The highest BCUT2D eigenvalue weighted by atomic mass is 32.1. The van der Waals surface area contributed by atoms with E-state index in [1.165, 1.54) is 24.3 Å². The Hall–Kier alpha value is -3.19. The van der Waals surface area contributed by atoms with Gasteiger partial charge in [-0.3, -0.25) is 4.79 Å².